The highest BCUT2D eigenvalue weighted by Crippen LogP contribution is 2.10. The Bertz CT molecular complexity index is 372. The van der Waals surface area contributed by atoms with Crippen molar-refractivity contribution in [1.29, 1.82) is 0 Å². The molecule has 1 aliphatic rings. The first-order valence-corrected chi connectivity index (χ1v) is 5.91. The van der Waals surface area contributed by atoms with Crippen LogP contribution in [0.3, 0.4) is 0 Å². The molecule has 1 saturated heterocycles. The number of ether oxygens (including phenoxy) is 1. The molecule has 0 spiro atoms. The fourth-order valence-corrected chi connectivity index (χ4v) is 1.59. The number of hydrogen-bond donors (Lipinski definition) is 2. The molecule has 1 amide bonds. The zero-order chi connectivity index (χ0) is 12.1. The van der Waals surface area contributed by atoms with Crippen LogP contribution >= 0.6 is 0 Å². The van der Waals surface area contributed by atoms with Gasteiger partial charge in [-0.2, -0.15) is 0 Å². The van der Waals surface area contributed by atoms with Gasteiger partial charge >= 0.3 is 0 Å². The first-order valence-electron chi connectivity index (χ1n) is 5.91. The van der Waals surface area contributed by atoms with Gasteiger partial charge in [-0.3, -0.25) is 4.79 Å². The highest BCUT2D eigenvalue weighted by molar-refractivity contribution is 5.77. The quantitative estimate of drug-likeness (QED) is 0.789. The molecule has 0 unspecified atom stereocenters. The standard InChI is InChI=1S/C13H18N2O2/c1-10-2-4-12(5-3-10)17-9-13(16)15-8-11-6-14-7-11/h2-5,11,14H,6-9H2,1H3,(H,15,16). The number of carbonyl (C=O) groups is 1. The van der Waals surface area contributed by atoms with E-state index in [0.29, 0.717) is 5.92 Å². The lowest BCUT2D eigenvalue weighted by Crippen LogP contribution is -2.48. The van der Waals surface area contributed by atoms with Gasteiger partial charge in [0.25, 0.3) is 5.91 Å². The van der Waals surface area contributed by atoms with Crippen LogP contribution in [0.5, 0.6) is 5.75 Å². The molecule has 0 aliphatic carbocycles. The third-order valence-electron chi connectivity index (χ3n) is 2.84. The van der Waals surface area contributed by atoms with Gasteiger partial charge in [-0.25, -0.2) is 0 Å². The lowest BCUT2D eigenvalue weighted by molar-refractivity contribution is -0.123. The van der Waals surface area contributed by atoms with Gasteiger partial charge in [-0.1, -0.05) is 17.7 Å². The van der Waals surface area contributed by atoms with Crippen molar-refractivity contribution in [2.45, 2.75) is 6.92 Å². The minimum absolute atomic E-state index is 0.0579. The van der Waals surface area contributed by atoms with Crippen LogP contribution in [0.15, 0.2) is 24.3 Å². The summed E-state index contributed by atoms with van der Waals surface area (Å²) in [4.78, 5) is 11.5. The smallest absolute Gasteiger partial charge is 0.257 e. The third-order valence-corrected chi connectivity index (χ3v) is 2.84. The monoisotopic (exact) mass is 234 g/mol. The summed E-state index contributed by atoms with van der Waals surface area (Å²) in [6.07, 6.45) is 0. The summed E-state index contributed by atoms with van der Waals surface area (Å²) in [7, 11) is 0. The minimum Gasteiger partial charge on any atom is -0.484 e. The minimum atomic E-state index is -0.0579. The van der Waals surface area contributed by atoms with Crippen LogP contribution in [-0.4, -0.2) is 32.1 Å². The topological polar surface area (TPSA) is 50.4 Å². The fourth-order valence-electron chi connectivity index (χ4n) is 1.59. The molecule has 0 saturated carbocycles. The molecule has 0 radical (unpaired) electrons. The maximum atomic E-state index is 11.5. The van der Waals surface area contributed by atoms with E-state index in [2.05, 4.69) is 10.6 Å². The van der Waals surface area contributed by atoms with Crippen LogP contribution in [0.2, 0.25) is 0 Å². The molecule has 1 aromatic carbocycles. The summed E-state index contributed by atoms with van der Waals surface area (Å²) < 4.78 is 5.38. The van der Waals surface area contributed by atoms with Gasteiger partial charge in [0.1, 0.15) is 5.75 Å². The lowest BCUT2D eigenvalue weighted by Gasteiger charge is -2.27. The number of hydrogen-bond acceptors (Lipinski definition) is 3. The largest absolute Gasteiger partial charge is 0.484 e. The van der Waals surface area contributed by atoms with Gasteiger partial charge in [0.2, 0.25) is 0 Å². The number of aryl methyl sites for hydroxylation is 1. The molecular formula is C13H18N2O2. The van der Waals surface area contributed by atoms with Crippen LogP contribution in [0, 0.1) is 12.8 Å². The summed E-state index contributed by atoms with van der Waals surface area (Å²) in [6.45, 7) is 4.84. The summed E-state index contributed by atoms with van der Waals surface area (Å²) in [5, 5.41) is 6.03. The lowest BCUT2D eigenvalue weighted by atomic mass is 10.0. The van der Waals surface area contributed by atoms with E-state index < -0.39 is 0 Å². The Morgan fingerprint density at radius 1 is 1.41 bits per heavy atom. The van der Waals surface area contributed by atoms with Crippen molar-refractivity contribution < 1.29 is 9.53 Å². The molecule has 2 rings (SSSR count). The fraction of sp³-hybridized carbons (Fsp3) is 0.462. The SMILES string of the molecule is Cc1ccc(OCC(=O)NCC2CNC2)cc1. The average Bonchev–Trinajstić information content (AvgIpc) is 2.26. The Labute approximate surface area is 101 Å². The maximum absolute atomic E-state index is 11.5. The van der Waals surface area contributed by atoms with Crippen molar-refractivity contribution in [3.05, 3.63) is 29.8 Å². The van der Waals surface area contributed by atoms with Crippen molar-refractivity contribution in [1.82, 2.24) is 10.6 Å². The third kappa shape index (κ3) is 3.75. The second-order valence-corrected chi connectivity index (χ2v) is 4.43. The van der Waals surface area contributed by atoms with Gasteiger partial charge in [-0.05, 0) is 19.1 Å². The Hall–Kier alpha value is -1.55. The molecule has 17 heavy (non-hydrogen) atoms. The van der Waals surface area contributed by atoms with Gasteiger partial charge in [0, 0.05) is 25.6 Å². The van der Waals surface area contributed by atoms with Gasteiger partial charge < -0.3 is 15.4 Å². The van der Waals surface area contributed by atoms with E-state index >= 15 is 0 Å². The summed E-state index contributed by atoms with van der Waals surface area (Å²) >= 11 is 0. The van der Waals surface area contributed by atoms with E-state index in [9.17, 15) is 4.79 Å². The van der Waals surface area contributed by atoms with Crippen LogP contribution in [-0.2, 0) is 4.79 Å². The molecule has 0 bridgehead atoms. The first-order chi connectivity index (χ1) is 8.24. The zero-order valence-corrected chi connectivity index (χ0v) is 10.0. The average molecular weight is 234 g/mol. The first kappa shape index (κ1) is 11.9. The molecule has 92 valence electrons. The number of carbonyl (C=O) groups excluding carboxylic acids is 1. The summed E-state index contributed by atoms with van der Waals surface area (Å²) in [5.74, 6) is 1.26. The van der Waals surface area contributed by atoms with Crippen molar-refractivity contribution in [2.75, 3.05) is 26.2 Å². The van der Waals surface area contributed by atoms with Crippen LogP contribution in [0.25, 0.3) is 0 Å². The van der Waals surface area contributed by atoms with Crippen molar-refractivity contribution in [3.8, 4) is 5.75 Å². The normalized spacial score (nSPS) is 15.1. The molecule has 0 aromatic heterocycles. The molecule has 1 fully saturated rings. The Kier molecular flexibility index (Phi) is 3.98. The summed E-state index contributed by atoms with van der Waals surface area (Å²) in [5.41, 5.74) is 1.18. The Morgan fingerprint density at radius 3 is 2.71 bits per heavy atom. The van der Waals surface area contributed by atoms with Crippen molar-refractivity contribution in [3.63, 3.8) is 0 Å². The molecule has 1 heterocycles. The number of amides is 1. The maximum Gasteiger partial charge on any atom is 0.257 e. The van der Waals surface area contributed by atoms with E-state index in [4.69, 9.17) is 4.74 Å². The number of rotatable bonds is 5. The molecule has 1 aliphatic heterocycles. The predicted molar refractivity (Wildman–Crippen MR) is 66.0 cm³/mol. The van der Waals surface area contributed by atoms with E-state index in [1.165, 1.54) is 5.56 Å². The Morgan fingerprint density at radius 2 is 2.12 bits per heavy atom. The number of nitrogens with one attached hydrogen (secondary N) is 2. The van der Waals surface area contributed by atoms with E-state index in [1.54, 1.807) is 0 Å². The van der Waals surface area contributed by atoms with Crippen LogP contribution in [0.1, 0.15) is 5.56 Å². The highest BCUT2D eigenvalue weighted by atomic mass is 16.5. The van der Waals surface area contributed by atoms with Crippen LogP contribution < -0.4 is 15.4 Å². The molecule has 4 heteroatoms. The van der Waals surface area contributed by atoms with Crippen molar-refractivity contribution >= 4 is 5.91 Å². The van der Waals surface area contributed by atoms with Gasteiger partial charge in [0.15, 0.2) is 6.61 Å². The zero-order valence-electron chi connectivity index (χ0n) is 10.0. The summed E-state index contributed by atoms with van der Waals surface area (Å²) in [6, 6.07) is 7.68. The van der Waals surface area contributed by atoms with Gasteiger partial charge in [0.05, 0.1) is 0 Å². The van der Waals surface area contributed by atoms with E-state index in [0.717, 1.165) is 25.4 Å². The molecule has 4 nitrogen and oxygen atoms in total. The molecular weight excluding hydrogens is 216 g/mol. The van der Waals surface area contributed by atoms with E-state index in [-0.39, 0.29) is 12.5 Å². The second-order valence-electron chi connectivity index (χ2n) is 4.43. The predicted octanol–water partition coefficient (Wildman–Crippen LogP) is 0.709. The van der Waals surface area contributed by atoms with Crippen LogP contribution in [0.4, 0.5) is 0 Å². The second kappa shape index (κ2) is 5.68. The van der Waals surface area contributed by atoms with Crippen molar-refractivity contribution in [2.24, 2.45) is 5.92 Å². The molecule has 1 aromatic rings. The van der Waals surface area contributed by atoms with Gasteiger partial charge in [-0.15, -0.1) is 0 Å². The highest BCUT2D eigenvalue weighted by Gasteiger charge is 2.17. The number of benzene rings is 1. The Balaban J connectivity index is 1.66. The molecule has 2 N–H and O–H groups in total. The van der Waals surface area contributed by atoms with E-state index in [1.807, 2.05) is 31.2 Å². The molecule has 0 atom stereocenters.